The van der Waals surface area contributed by atoms with Crippen LogP contribution in [-0.4, -0.2) is 58.2 Å². The Labute approximate surface area is 337 Å². The van der Waals surface area contributed by atoms with Crippen LogP contribution in [0.5, 0.6) is 11.5 Å². The standard InChI is InChI=1S/C29H35N7O2.C12H22O.C3H4.C2H6/c1-5-7-12-35-17-20(3)18-37-26-16-24-27(34-29(26)35)28(31-19-30-24)33-22-8-9-25(21(4)15-22)38-23-10-13-36(14-11-23)32-6-2;1-5-10(3)9-12(6-2)8-7-11(4)13;1-3-2;1-2/h6,8-11,13,15-16,19-20H,5,7,12,14,17-18H2,1-4H3,(H,30,31,33);7-8,10,12H,5-6,9H2,1-4H3;1H,2H3;1-2H3/b32-6-;8-7+;;. The van der Waals surface area contributed by atoms with Crippen LogP contribution in [0.25, 0.3) is 11.0 Å². The van der Waals surface area contributed by atoms with Gasteiger partial charge in [-0.05, 0) is 101 Å². The van der Waals surface area contributed by atoms with Crippen molar-refractivity contribution < 1.29 is 14.3 Å². The highest BCUT2D eigenvalue weighted by Crippen LogP contribution is 2.35. The van der Waals surface area contributed by atoms with Crippen LogP contribution >= 0.6 is 0 Å². The average Bonchev–Trinajstić information content (AvgIpc) is 3.35. The van der Waals surface area contributed by atoms with E-state index in [9.17, 15) is 4.79 Å². The Morgan fingerprint density at radius 1 is 1.20 bits per heavy atom. The Balaban J connectivity index is 0.000000507. The molecule has 3 aromatic rings. The Hall–Kier alpha value is -5.17. The largest absolute Gasteiger partial charge is 0.489 e. The molecule has 4 heterocycles. The van der Waals surface area contributed by atoms with Gasteiger partial charge in [-0.25, -0.2) is 15.0 Å². The summed E-state index contributed by atoms with van der Waals surface area (Å²) in [6, 6.07) is 7.99. The minimum absolute atomic E-state index is 0.155. The molecule has 2 aliphatic rings. The number of benzene rings is 1. The number of aromatic nitrogens is 3. The van der Waals surface area contributed by atoms with Crippen molar-refractivity contribution in [3.8, 4) is 23.8 Å². The van der Waals surface area contributed by atoms with Crippen molar-refractivity contribution in [2.45, 2.75) is 108 Å². The first-order valence-electron chi connectivity index (χ1n) is 20.3. The molecule has 1 aromatic carbocycles. The molecule has 0 saturated carbocycles. The summed E-state index contributed by atoms with van der Waals surface area (Å²) in [4.78, 5) is 27.1. The van der Waals surface area contributed by atoms with Crippen molar-refractivity contribution in [2.24, 2.45) is 22.9 Å². The number of unbranched alkanes of at least 4 members (excludes halogenated alkanes) is 1. The van der Waals surface area contributed by atoms with E-state index in [1.807, 2.05) is 75.3 Å². The fourth-order valence-corrected chi connectivity index (χ4v) is 5.90. The molecule has 0 bridgehead atoms. The monoisotopic (exact) mass is 766 g/mol. The van der Waals surface area contributed by atoms with Crippen LogP contribution in [0.3, 0.4) is 0 Å². The molecule has 2 aromatic heterocycles. The second-order valence-corrected chi connectivity index (χ2v) is 13.9. The predicted molar refractivity (Wildman–Crippen MR) is 236 cm³/mol. The van der Waals surface area contributed by atoms with Crippen LogP contribution in [0.1, 0.15) is 107 Å². The number of hydrogen-bond donors (Lipinski definition) is 1. The number of ether oxygens (including phenoxy) is 2. The van der Waals surface area contributed by atoms with E-state index < -0.39 is 0 Å². The lowest BCUT2D eigenvalue weighted by molar-refractivity contribution is -0.112. The normalized spacial score (nSPS) is 15.7. The number of aryl methyl sites for hydroxylation is 1. The van der Waals surface area contributed by atoms with E-state index in [0.29, 0.717) is 30.8 Å². The number of hydrogen-bond acceptors (Lipinski definition) is 10. The first-order chi connectivity index (χ1) is 27.0. The van der Waals surface area contributed by atoms with Gasteiger partial charge in [0.2, 0.25) is 0 Å². The fraction of sp³-hybridized carbons (Fsp3) is 0.500. The highest BCUT2D eigenvalue weighted by Gasteiger charge is 2.24. The smallest absolute Gasteiger partial charge is 0.172 e. The van der Waals surface area contributed by atoms with Crippen molar-refractivity contribution >= 4 is 40.4 Å². The van der Waals surface area contributed by atoms with E-state index in [1.54, 1.807) is 32.5 Å². The minimum atomic E-state index is 0.155. The molecule has 10 nitrogen and oxygen atoms in total. The van der Waals surface area contributed by atoms with Gasteiger partial charge in [0.25, 0.3) is 0 Å². The molecule has 3 atom stereocenters. The number of hydrazone groups is 1. The third-order valence-electron chi connectivity index (χ3n) is 9.04. The summed E-state index contributed by atoms with van der Waals surface area (Å²) in [6.07, 6.45) is 23.3. The second-order valence-electron chi connectivity index (χ2n) is 13.9. The van der Waals surface area contributed by atoms with E-state index in [0.717, 1.165) is 83.6 Å². The Kier molecular flexibility index (Phi) is 21.7. The molecular formula is C46H67N7O3. The fourth-order valence-electron chi connectivity index (χ4n) is 5.90. The number of allylic oxidation sites excluding steroid dienone is 3. The topological polar surface area (TPSA) is 105 Å². The molecule has 1 N–H and O–H groups in total. The summed E-state index contributed by atoms with van der Waals surface area (Å²) in [6.45, 7) is 25.5. The van der Waals surface area contributed by atoms with Crippen LogP contribution < -0.4 is 19.7 Å². The molecule has 2 aliphatic heterocycles. The summed E-state index contributed by atoms with van der Waals surface area (Å²) in [7, 11) is 0. The number of ketones is 1. The van der Waals surface area contributed by atoms with E-state index >= 15 is 0 Å². The number of carbonyl (C=O) groups is 1. The van der Waals surface area contributed by atoms with Crippen LogP contribution in [0.15, 0.2) is 72.0 Å². The Morgan fingerprint density at radius 2 is 1.95 bits per heavy atom. The van der Waals surface area contributed by atoms with Gasteiger partial charge in [-0.1, -0.05) is 67.4 Å². The van der Waals surface area contributed by atoms with Gasteiger partial charge in [0.1, 0.15) is 23.4 Å². The van der Waals surface area contributed by atoms with Crippen LogP contribution in [0.2, 0.25) is 0 Å². The third kappa shape index (κ3) is 15.5. The van der Waals surface area contributed by atoms with Crippen molar-refractivity contribution in [3.63, 3.8) is 0 Å². The van der Waals surface area contributed by atoms with Crippen molar-refractivity contribution in [1.82, 2.24) is 20.0 Å². The number of nitrogens with zero attached hydrogens (tertiary/aromatic N) is 6. The van der Waals surface area contributed by atoms with E-state index in [1.165, 1.54) is 12.8 Å². The Morgan fingerprint density at radius 3 is 2.55 bits per heavy atom. The van der Waals surface area contributed by atoms with Crippen LogP contribution in [0, 0.1) is 37.0 Å². The maximum absolute atomic E-state index is 10.7. The zero-order chi connectivity index (χ0) is 41.5. The number of nitrogens with one attached hydrogen (secondary N) is 1. The van der Waals surface area contributed by atoms with Gasteiger partial charge in [-0.3, -0.25) is 9.80 Å². The van der Waals surface area contributed by atoms with E-state index in [-0.39, 0.29) is 5.78 Å². The van der Waals surface area contributed by atoms with Crippen molar-refractivity contribution in [1.29, 1.82) is 0 Å². The van der Waals surface area contributed by atoms with E-state index in [4.69, 9.17) is 14.5 Å². The number of pyridine rings is 1. The summed E-state index contributed by atoms with van der Waals surface area (Å²) in [5.41, 5.74) is 3.38. The van der Waals surface area contributed by atoms with Crippen LogP contribution in [-0.2, 0) is 4.79 Å². The lowest BCUT2D eigenvalue weighted by Gasteiger charge is -2.24. The molecule has 0 aliphatic carbocycles. The number of anilines is 3. The maximum Gasteiger partial charge on any atom is 0.172 e. The molecule has 56 heavy (non-hydrogen) atoms. The van der Waals surface area contributed by atoms with Crippen molar-refractivity contribution in [3.05, 3.63) is 72.4 Å². The van der Waals surface area contributed by atoms with Gasteiger partial charge >= 0.3 is 0 Å². The maximum atomic E-state index is 10.7. The zero-order valence-electron chi connectivity index (χ0n) is 35.9. The van der Waals surface area contributed by atoms with Crippen LogP contribution in [0.4, 0.5) is 17.3 Å². The van der Waals surface area contributed by atoms with Gasteiger partial charge in [-0.15, -0.1) is 12.3 Å². The molecule has 5 rings (SSSR count). The summed E-state index contributed by atoms with van der Waals surface area (Å²) in [5, 5.41) is 9.55. The quantitative estimate of drug-likeness (QED) is 0.0975. The molecule has 0 amide bonds. The lowest BCUT2D eigenvalue weighted by Crippen LogP contribution is -2.30. The minimum Gasteiger partial charge on any atom is -0.489 e. The molecule has 10 heteroatoms. The number of fused-ring (bicyclic) bond motifs is 2. The predicted octanol–water partition coefficient (Wildman–Crippen LogP) is 11.1. The number of terminal acetylenes is 1. The number of rotatable bonds is 14. The third-order valence-corrected chi connectivity index (χ3v) is 9.04. The summed E-state index contributed by atoms with van der Waals surface area (Å²) in [5.74, 6) is 8.08. The molecule has 304 valence electrons. The van der Waals surface area contributed by atoms with E-state index in [2.05, 4.69) is 78.3 Å². The molecule has 3 unspecified atom stereocenters. The SMILES string of the molecule is C#CC.C/C=N\N1C=CC(Oc2ccc(Nc3ncnc4cc5c(nc34)N(CCCC)CC(C)CO5)cc2C)=CC1.CC.CCC(C)CC(/C=C/C(C)=O)CC. The highest BCUT2D eigenvalue weighted by atomic mass is 16.5. The average molecular weight is 766 g/mol. The van der Waals surface area contributed by atoms with Crippen molar-refractivity contribution in [2.75, 3.05) is 36.5 Å². The van der Waals surface area contributed by atoms with Gasteiger partial charge < -0.3 is 19.7 Å². The Bertz CT molecular complexity index is 1810. The second kappa shape index (κ2) is 25.8. The summed E-state index contributed by atoms with van der Waals surface area (Å²) >= 11 is 0. The first-order valence-corrected chi connectivity index (χ1v) is 20.3. The van der Waals surface area contributed by atoms with Gasteiger partial charge in [0, 0.05) is 43.2 Å². The zero-order valence-corrected chi connectivity index (χ0v) is 35.9. The van der Waals surface area contributed by atoms with Gasteiger partial charge in [0.05, 0.1) is 18.7 Å². The number of carbonyl (C=O) groups excluding carboxylic acids is 1. The molecule has 0 saturated heterocycles. The molecule has 0 spiro atoms. The van der Waals surface area contributed by atoms with Gasteiger partial charge in [0.15, 0.2) is 23.2 Å². The molecule has 0 fully saturated rings. The summed E-state index contributed by atoms with van der Waals surface area (Å²) < 4.78 is 12.3. The molecule has 0 radical (unpaired) electrons. The van der Waals surface area contributed by atoms with Gasteiger partial charge in [-0.2, -0.15) is 5.10 Å². The highest BCUT2D eigenvalue weighted by molar-refractivity contribution is 5.90. The molecular weight excluding hydrogens is 699 g/mol. The lowest BCUT2D eigenvalue weighted by atomic mass is 9.92. The first kappa shape index (κ1) is 47.0.